The van der Waals surface area contributed by atoms with E-state index in [-0.39, 0.29) is 24.0 Å². The molecule has 0 saturated carbocycles. The second-order valence-corrected chi connectivity index (χ2v) is 7.46. The van der Waals surface area contributed by atoms with Gasteiger partial charge in [0.05, 0.1) is 11.0 Å². The molecule has 2 nitrogen and oxygen atoms in total. The van der Waals surface area contributed by atoms with E-state index in [2.05, 4.69) is 41.5 Å². The van der Waals surface area contributed by atoms with E-state index in [1.54, 1.807) is 0 Å². The number of allylic oxidation sites excluding steroid dienone is 1. The predicted molar refractivity (Wildman–Crippen MR) is 93.8 cm³/mol. The van der Waals surface area contributed by atoms with Crippen molar-refractivity contribution in [3.63, 3.8) is 0 Å². The average Bonchev–Trinajstić information content (AvgIpc) is 2.30. The molecule has 1 aliphatic carbocycles. The van der Waals surface area contributed by atoms with Gasteiger partial charge in [-0.05, 0) is 42.7 Å². The van der Waals surface area contributed by atoms with Crippen molar-refractivity contribution in [2.75, 3.05) is 0 Å². The molecular formula is C18H30O2S. The fourth-order valence-electron chi connectivity index (χ4n) is 3.01. The van der Waals surface area contributed by atoms with Crippen LogP contribution in [0.15, 0.2) is 22.5 Å². The number of rotatable bonds is 5. The summed E-state index contributed by atoms with van der Waals surface area (Å²) in [7, 11) is 0. The highest BCUT2D eigenvalue weighted by Crippen LogP contribution is 2.39. The highest BCUT2D eigenvalue weighted by molar-refractivity contribution is 7.81. The van der Waals surface area contributed by atoms with Crippen LogP contribution >= 0.6 is 12.2 Å². The van der Waals surface area contributed by atoms with Gasteiger partial charge in [-0.1, -0.05) is 53.8 Å². The van der Waals surface area contributed by atoms with Crippen LogP contribution in [0.1, 0.15) is 55.4 Å². The predicted octanol–water partition coefficient (Wildman–Crippen LogP) is 5.24. The number of aliphatic hydroxyl groups excluding tert-OH is 1. The summed E-state index contributed by atoms with van der Waals surface area (Å²) in [5.74, 6) is 1.12. The summed E-state index contributed by atoms with van der Waals surface area (Å²) in [5.41, 5.74) is 3.04. The van der Waals surface area contributed by atoms with E-state index >= 15 is 0 Å². The Kier molecular flexibility index (Phi) is 6.18. The van der Waals surface area contributed by atoms with Crippen LogP contribution in [0.3, 0.4) is 0 Å². The number of ether oxygens (including phenoxy) is 1. The first kappa shape index (κ1) is 18.4. The van der Waals surface area contributed by atoms with Gasteiger partial charge in [-0.3, -0.25) is 0 Å². The maximum absolute atomic E-state index is 10.8. The summed E-state index contributed by atoms with van der Waals surface area (Å²) in [4.78, 5) is 0.754. The summed E-state index contributed by atoms with van der Waals surface area (Å²) < 4.78 is 6.14. The monoisotopic (exact) mass is 310 g/mol. The van der Waals surface area contributed by atoms with E-state index < -0.39 is 0 Å². The molecule has 1 aliphatic rings. The highest BCUT2D eigenvalue weighted by Gasteiger charge is 2.37. The van der Waals surface area contributed by atoms with Crippen LogP contribution in [0.25, 0.3) is 0 Å². The van der Waals surface area contributed by atoms with Crippen LogP contribution in [0.4, 0.5) is 0 Å². The normalized spacial score (nSPS) is 20.8. The van der Waals surface area contributed by atoms with Gasteiger partial charge < -0.3 is 9.84 Å². The van der Waals surface area contributed by atoms with Gasteiger partial charge in [-0.2, -0.15) is 0 Å². The van der Waals surface area contributed by atoms with Crippen LogP contribution in [-0.2, 0) is 4.74 Å². The van der Waals surface area contributed by atoms with Crippen LogP contribution in [0.2, 0.25) is 0 Å². The molecule has 1 unspecified atom stereocenters. The molecule has 0 aliphatic heterocycles. The molecule has 0 aromatic heterocycles. The molecule has 3 heteroatoms. The molecule has 1 atom stereocenters. The molecule has 0 amide bonds. The van der Waals surface area contributed by atoms with Crippen molar-refractivity contribution in [3.05, 3.63) is 22.5 Å². The maximum Gasteiger partial charge on any atom is 0.123 e. The van der Waals surface area contributed by atoms with Crippen molar-refractivity contribution >= 4 is 17.1 Å². The smallest absolute Gasteiger partial charge is 0.123 e. The summed E-state index contributed by atoms with van der Waals surface area (Å²) in [6.07, 6.45) is -0.0885. The van der Waals surface area contributed by atoms with E-state index in [4.69, 9.17) is 17.0 Å². The largest absolute Gasteiger partial charge is 0.507 e. The van der Waals surface area contributed by atoms with E-state index in [0.29, 0.717) is 11.7 Å². The van der Waals surface area contributed by atoms with Gasteiger partial charge in [-0.25, -0.2) is 0 Å². The van der Waals surface area contributed by atoms with Crippen LogP contribution in [-0.4, -0.2) is 22.2 Å². The van der Waals surface area contributed by atoms with Crippen molar-refractivity contribution in [3.8, 4) is 0 Å². The lowest BCUT2D eigenvalue weighted by molar-refractivity contribution is 0.0601. The first-order valence-corrected chi connectivity index (χ1v) is 8.37. The first-order valence-electron chi connectivity index (χ1n) is 7.96. The average molecular weight is 311 g/mol. The number of thiocarbonyl (C=S) groups is 1. The fourth-order valence-corrected chi connectivity index (χ4v) is 3.52. The van der Waals surface area contributed by atoms with E-state index in [1.807, 2.05) is 13.8 Å². The molecule has 0 aromatic carbocycles. The zero-order valence-electron chi connectivity index (χ0n) is 14.7. The highest BCUT2D eigenvalue weighted by atomic mass is 32.1. The van der Waals surface area contributed by atoms with Gasteiger partial charge >= 0.3 is 0 Å². The lowest BCUT2D eigenvalue weighted by atomic mass is 9.76. The van der Waals surface area contributed by atoms with Gasteiger partial charge in [0.1, 0.15) is 11.9 Å². The zero-order valence-corrected chi connectivity index (χ0v) is 15.5. The van der Waals surface area contributed by atoms with Crippen molar-refractivity contribution in [2.45, 2.75) is 67.6 Å². The second kappa shape index (κ2) is 7.06. The molecular weight excluding hydrogens is 280 g/mol. The summed E-state index contributed by atoms with van der Waals surface area (Å²) >= 11 is 5.68. The third-order valence-electron chi connectivity index (χ3n) is 3.79. The zero-order chi connectivity index (χ0) is 16.5. The third kappa shape index (κ3) is 3.75. The molecule has 1 N–H and O–H groups in total. The topological polar surface area (TPSA) is 29.5 Å². The Morgan fingerprint density at radius 1 is 0.857 bits per heavy atom. The molecule has 0 aromatic rings. The number of aliphatic hydroxyl groups is 1. The molecule has 0 heterocycles. The van der Waals surface area contributed by atoms with Gasteiger partial charge in [0.15, 0.2) is 0 Å². The van der Waals surface area contributed by atoms with Crippen molar-refractivity contribution < 1.29 is 9.84 Å². The number of hydrogen-bond donors (Lipinski definition) is 1. The number of hydrogen-bond acceptors (Lipinski definition) is 3. The summed E-state index contributed by atoms with van der Waals surface area (Å²) in [6.45, 7) is 16.7. The molecule has 0 radical (unpaired) electrons. The van der Waals surface area contributed by atoms with Crippen LogP contribution < -0.4 is 0 Å². The molecule has 1 rings (SSSR count). The molecule has 0 fully saturated rings. The standard InChI is InChI=1S/C18H30O2S/c1-9(2)13-14(10(3)4)17(20-12(7)8)18(21)15(11(5)6)16(13)19/h9-12,17,19H,1-8H3. The minimum Gasteiger partial charge on any atom is -0.507 e. The molecule has 0 spiro atoms. The van der Waals surface area contributed by atoms with Crippen LogP contribution in [0.5, 0.6) is 0 Å². The Labute approximate surface area is 135 Å². The lowest BCUT2D eigenvalue weighted by Crippen LogP contribution is -2.38. The minimum atomic E-state index is -0.189. The van der Waals surface area contributed by atoms with Gasteiger partial charge in [-0.15, -0.1) is 0 Å². The Balaban J connectivity index is 3.57. The Morgan fingerprint density at radius 3 is 1.67 bits per heavy atom. The van der Waals surface area contributed by atoms with Crippen molar-refractivity contribution in [1.29, 1.82) is 0 Å². The SMILES string of the molecule is CC(C)OC1C(=S)C(C(C)C)=C(O)C(C(C)C)=C1C(C)C. The molecule has 120 valence electrons. The van der Waals surface area contributed by atoms with E-state index in [1.165, 1.54) is 0 Å². The molecule has 0 bridgehead atoms. The lowest BCUT2D eigenvalue weighted by Gasteiger charge is -2.36. The van der Waals surface area contributed by atoms with Gasteiger partial charge in [0.2, 0.25) is 0 Å². The quantitative estimate of drug-likeness (QED) is 0.704. The third-order valence-corrected chi connectivity index (χ3v) is 4.23. The Morgan fingerprint density at radius 2 is 1.33 bits per heavy atom. The first-order chi connectivity index (χ1) is 9.59. The Bertz CT molecular complexity index is 468. The molecule has 0 saturated heterocycles. The maximum atomic E-state index is 10.8. The Hall–Kier alpha value is -0.670. The van der Waals surface area contributed by atoms with E-state index in [9.17, 15) is 5.11 Å². The van der Waals surface area contributed by atoms with Gasteiger partial charge in [0.25, 0.3) is 0 Å². The fraction of sp³-hybridized carbons (Fsp3) is 0.722. The molecule has 21 heavy (non-hydrogen) atoms. The van der Waals surface area contributed by atoms with Gasteiger partial charge in [0, 0.05) is 5.57 Å². The summed E-state index contributed by atoms with van der Waals surface area (Å²) in [5, 5.41) is 10.8. The van der Waals surface area contributed by atoms with Crippen molar-refractivity contribution in [2.24, 2.45) is 17.8 Å². The summed E-state index contributed by atoms with van der Waals surface area (Å²) in [6, 6.07) is 0. The van der Waals surface area contributed by atoms with Crippen LogP contribution in [0, 0.1) is 17.8 Å². The second-order valence-electron chi connectivity index (χ2n) is 7.02. The minimum absolute atomic E-state index is 0.101. The van der Waals surface area contributed by atoms with E-state index in [0.717, 1.165) is 21.6 Å². The van der Waals surface area contributed by atoms with Crippen molar-refractivity contribution in [1.82, 2.24) is 0 Å².